The third-order valence-corrected chi connectivity index (χ3v) is 4.17. The Morgan fingerprint density at radius 3 is 2.25 bits per heavy atom. The van der Waals surface area contributed by atoms with Gasteiger partial charge in [-0.1, -0.05) is 23.7 Å². The van der Waals surface area contributed by atoms with Gasteiger partial charge in [-0.15, -0.1) is 0 Å². The summed E-state index contributed by atoms with van der Waals surface area (Å²) in [7, 11) is 0. The van der Waals surface area contributed by atoms with Crippen LogP contribution in [0.25, 0.3) is 11.3 Å². The Bertz CT molecular complexity index is 772. The first-order valence-corrected chi connectivity index (χ1v) is 8.26. The normalized spacial score (nSPS) is 10.3. The van der Waals surface area contributed by atoms with Gasteiger partial charge in [-0.2, -0.15) is 4.37 Å². The second kappa shape index (κ2) is 7.55. The Morgan fingerprint density at radius 2 is 1.75 bits per heavy atom. The number of hydrogen-bond acceptors (Lipinski definition) is 6. The van der Waals surface area contributed by atoms with Crippen LogP contribution in [0.15, 0.2) is 24.3 Å². The second-order valence-electron chi connectivity index (χ2n) is 4.81. The van der Waals surface area contributed by atoms with Crippen molar-refractivity contribution in [2.75, 3.05) is 11.5 Å². The molecule has 0 saturated carbocycles. The van der Waals surface area contributed by atoms with E-state index >= 15 is 0 Å². The largest absolute Gasteiger partial charge is 0.462 e. The van der Waals surface area contributed by atoms with Gasteiger partial charge in [0.1, 0.15) is 11.4 Å². The Kier molecular flexibility index (Phi) is 5.69. The van der Waals surface area contributed by atoms with Crippen molar-refractivity contribution < 1.29 is 19.1 Å². The third kappa shape index (κ3) is 3.63. The number of anilines is 1. The summed E-state index contributed by atoms with van der Waals surface area (Å²) in [4.78, 5) is 37.2. The van der Waals surface area contributed by atoms with E-state index in [4.69, 9.17) is 16.3 Å². The molecular weight excluding hydrogens is 352 g/mol. The minimum atomic E-state index is -0.627. The molecule has 0 bridgehead atoms. The van der Waals surface area contributed by atoms with E-state index in [2.05, 4.69) is 4.37 Å². The van der Waals surface area contributed by atoms with Crippen LogP contribution in [0.4, 0.5) is 5.69 Å². The molecule has 1 aromatic carbocycles. The number of esters is 1. The number of amides is 2. The minimum absolute atomic E-state index is 0.104. The number of ether oxygens (including phenoxy) is 1. The van der Waals surface area contributed by atoms with E-state index in [0.29, 0.717) is 16.3 Å². The molecule has 0 fully saturated rings. The highest BCUT2D eigenvalue weighted by Gasteiger charge is 2.30. The zero-order chi connectivity index (χ0) is 17.9. The highest BCUT2D eigenvalue weighted by atomic mass is 35.5. The maximum absolute atomic E-state index is 12.2. The molecule has 0 saturated heterocycles. The van der Waals surface area contributed by atoms with Gasteiger partial charge in [-0.25, -0.2) is 9.69 Å². The Labute approximate surface area is 148 Å². The number of benzene rings is 1. The monoisotopic (exact) mass is 366 g/mol. The van der Waals surface area contributed by atoms with E-state index in [1.165, 1.54) is 13.8 Å². The van der Waals surface area contributed by atoms with Crippen LogP contribution in [0.3, 0.4) is 0 Å². The van der Waals surface area contributed by atoms with Gasteiger partial charge in [0.15, 0.2) is 4.88 Å². The zero-order valence-corrected chi connectivity index (χ0v) is 14.9. The number of rotatable bonds is 4. The van der Waals surface area contributed by atoms with Gasteiger partial charge in [0.25, 0.3) is 0 Å². The lowest BCUT2D eigenvalue weighted by Gasteiger charge is -2.18. The first-order valence-electron chi connectivity index (χ1n) is 7.10. The van der Waals surface area contributed by atoms with Crippen LogP contribution in [-0.4, -0.2) is 28.8 Å². The van der Waals surface area contributed by atoms with Crippen molar-refractivity contribution in [2.24, 2.45) is 0 Å². The molecule has 8 heteroatoms. The van der Waals surface area contributed by atoms with Crippen molar-refractivity contribution in [3.8, 4) is 11.3 Å². The number of halogens is 1. The lowest BCUT2D eigenvalue weighted by molar-refractivity contribution is -0.124. The van der Waals surface area contributed by atoms with Crippen molar-refractivity contribution in [2.45, 2.75) is 20.8 Å². The van der Waals surface area contributed by atoms with Gasteiger partial charge >= 0.3 is 5.97 Å². The van der Waals surface area contributed by atoms with Gasteiger partial charge in [0.05, 0.1) is 6.61 Å². The molecule has 24 heavy (non-hydrogen) atoms. The van der Waals surface area contributed by atoms with Crippen LogP contribution >= 0.6 is 23.1 Å². The van der Waals surface area contributed by atoms with Crippen molar-refractivity contribution in [1.82, 2.24) is 4.37 Å². The van der Waals surface area contributed by atoms with Crippen LogP contribution < -0.4 is 4.90 Å². The number of imide groups is 1. The van der Waals surface area contributed by atoms with Crippen LogP contribution in [0.5, 0.6) is 0 Å². The fraction of sp³-hybridized carbons (Fsp3) is 0.250. The molecule has 0 N–H and O–H groups in total. The smallest absolute Gasteiger partial charge is 0.352 e. The topological polar surface area (TPSA) is 76.6 Å². The molecule has 6 nitrogen and oxygen atoms in total. The first kappa shape index (κ1) is 18.1. The predicted molar refractivity (Wildman–Crippen MR) is 92.4 cm³/mol. The Morgan fingerprint density at radius 1 is 1.17 bits per heavy atom. The molecule has 0 aliphatic carbocycles. The van der Waals surface area contributed by atoms with Gasteiger partial charge in [0.2, 0.25) is 11.8 Å². The summed E-state index contributed by atoms with van der Waals surface area (Å²) in [5.41, 5.74) is 1.12. The summed E-state index contributed by atoms with van der Waals surface area (Å²) in [6.45, 7) is 4.35. The second-order valence-corrected chi connectivity index (χ2v) is 6.02. The van der Waals surface area contributed by atoms with E-state index < -0.39 is 17.8 Å². The SMILES string of the molecule is CCOC(=O)c1snc(-c2ccc(Cl)cc2)c1N(C(C)=O)C(C)=O. The molecule has 0 aliphatic heterocycles. The van der Waals surface area contributed by atoms with Crippen molar-refractivity contribution in [3.63, 3.8) is 0 Å². The lowest BCUT2D eigenvalue weighted by atomic mass is 10.1. The highest BCUT2D eigenvalue weighted by Crippen LogP contribution is 2.37. The standard InChI is InChI=1S/C16H15ClN2O4S/c1-4-23-16(22)15-14(19(9(2)20)10(3)21)13(18-24-15)11-5-7-12(17)8-6-11/h5-8H,4H2,1-3H3. The molecule has 2 aromatic rings. The van der Waals surface area contributed by atoms with Crippen molar-refractivity contribution in [3.05, 3.63) is 34.2 Å². The summed E-state index contributed by atoms with van der Waals surface area (Å²) in [5, 5.41) is 0.538. The summed E-state index contributed by atoms with van der Waals surface area (Å²) in [6.07, 6.45) is 0. The van der Waals surface area contributed by atoms with E-state index in [0.717, 1.165) is 16.4 Å². The lowest BCUT2D eigenvalue weighted by Crippen LogP contribution is -2.34. The Balaban J connectivity index is 2.67. The van der Waals surface area contributed by atoms with Crippen LogP contribution in [0.1, 0.15) is 30.4 Å². The van der Waals surface area contributed by atoms with Gasteiger partial charge in [-0.05, 0) is 30.6 Å². The van der Waals surface area contributed by atoms with Crippen molar-refractivity contribution >= 4 is 46.6 Å². The molecular formula is C16H15ClN2O4S. The van der Waals surface area contributed by atoms with E-state index in [-0.39, 0.29) is 17.2 Å². The van der Waals surface area contributed by atoms with Crippen LogP contribution in [0, 0.1) is 0 Å². The fourth-order valence-electron chi connectivity index (χ4n) is 2.16. The number of carbonyl (C=O) groups is 3. The summed E-state index contributed by atoms with van der Waals surface area (Å²) >= 11 is 6.77. The average Bonchev–Trinajstić information content (AvgIpc) is 2.92. The summed E-state index contributed by atoms with van der Waals surface area (Å²) in [6, 6.07) is 6.73. The number of nitrogens with zero attached hydrogens (tertiary/aromatic N) is 2. The van der Waals surface area contributed by atoms with E-state index in [9.17, 15) is 14.4 Å². The quantitative estimate of drug-likeness (QED) is 0.773. The van der Waals surface area contributed by atoms with Gasteiger partial charge < -0.3 is 4.74 Å². The van der Waals surface area contributed by atoms with Crippen LogP contribution in [0.2, 0.25) is 5.02 Å². The highest BCUT2D eigenvalue weighted by molar-refractivity contribution is 7.09. The number of hydrogen-bond donors (Lipinski definition) is 0. The molecule has 1 aromatic heterocycles. The molecule has 2 amide bonds. The Hall–Kier alpha value is -2.25. The molecule has 126 valence electrons. The molecule has 0 spiro atoms. The zero-order valence-electron chi connectivity index (χ0n) is 13.3. The number of carbonyl (C=O) groups excluding carboxylic acids is 3. The third-order valence-electron chi connectivity index (χ3n) is 3.10. The van der Waals surface area contributed by atoms with E-state index in [1.807, 2.05) is 0 Å². The minimum Gasteiger partial charge on any atom is -0.462 e. The fourth-order valence-corrected chi connectivity index (χ4v) is 3.07. The van der Waals surface area contributed by atoms with E-state index in [1.54, 1.807) is 31.2 Å². The van der Waals surface area contributed by atoms with Crippen LogP contribution in [-0.2, 0) is 14.3 Å². The average molecular weight is 367 g/mol. The molecule has 2 rings (SSSR count). The molecule has 0 radical (unpaired) electrons. The maximum Gasteiger partial charge on any atom is 0.352 e. The predicted octanol–water partition coefficient (Wildman–Crippen LogP) is 3.54. The first-order chi connectivity index (χ1) is 11.4. The van der Waals surface area contributed by atoms with Gasteiger partial charge in [-0.3, -0.25) is 9.59 Å². The summed E-state index contributed by atoms with van der Waals surface area (Å²) < 4.78 is 9.26. The van der Waals surface area contributed by atoms with Gasteiger partial charge in [0, 0.05) is 24.4 Å². The molecule has 0 unspecified atom stereocenters. The molecule has 0 aliphatic rings. The maximum atomic E-state index is 12.2. The van der Waals surface area contributed by atoms with Crippen molar-refractivity contribution in [1.29, 1.82) is 0 Å². The number of aromatic nitrogens is 1. The molecule has 1 heterocycles. The summed E-state index contributed by atoms with van der Waals surface area (Å²) in [5.74, 6) is -1.65. The molecule has 0 atom stereocenters.